The average Bonchev–Trinajstić information content (AvgIpc) is 3.17. The Morgan fingerprint density at radius 3 is 2.43 bits per heavy atom. The van der Waals surface area contributed by atoms with Crippen molar-refractivity contribution in [3.63, 3.8) is 0 Å². The summed E-state index contributed by atoms with van der Waals surface area (Å²) in [6.07, 6.45) is 7.72. The lowest BCUT2D eigenvalue weighted by atomic mass is 10.1. The minimum absolute atomic E-state index is 0. The van der Waals surface area contributed by atoms with E-state index in [-0.39, 0.29) is 24.8 Å². The first-order valence-corrected chi connectivity index (χ1v) is 7.32. The van der Waals surface area contributed by atoms with Gasteiger partial charge in [-0.1, -0.05) is 0 Å². The van der Waals surface area contributed by atoms with Crippen molar-refractivity contribution in [2.24, 2.45) is 0 Å². The van der Waals surface area contributed by atoms with Gasteiger partial charge in [-0.3, -0.25) is 9.25 Å². The SMILES string of the molecule is CN1CCC(n2ncc3ccc(-n4cnnc4)cc32)CC1.Cl.Cl. The first kappa shape index (κ1) is 17.7. The zero-order valence-corrected chi connectivity index (χ0v) is 14.5. The molecular formula is C15H20Cl2N6. The lowest BCUT2D eigenvalue weighted by molar-refractivity contribution is 0.215. The van der Waals surface area contributed by atoms with E-state index in [9.17, 15) is 0 Å². The number of hydrogen-bond acceptors (Lipinski definition) is 4. The van der Waals surface area contributed by atoms with Gasteiger partial charge >= 0.3 is 0 Å². The summed E-state index contributed by atoms with van der Waals surface area (Å²) in [6.45, 7) is 2.27. The highest BCUT2D eigenvalue weighted by molar-refractivity contribution is 5.85. The second-order valence-electron chi connectivity index (χ2n) is 5.74. The van der Waals surface area contributed by atoms with E-state index in [2.05, 4.69) is 50.1 Å². The molecule has 8 heteroatoms. The maximum absolute atomic E-state index is 4.62. The Bertz CT molecular complexity index is 747. The molecule has 124 valence electrons. The smallest absolute Gasteiger partial charge is 0.123 e. The molecule has 0 atom stereocenters. The topological polar surface area (TPSA) is 51.8 Å². The Hall–Kier alpha value is -1.63. The highest BCUT2D eigenvalue weighted by atomic mass is 35.5. The summed E-state index contributed by atoms with van der Waals surface area (Å²) in [5, 5.41) is 13.6. The molecule has 0 aliphatic carbocycles. The van der Waals surface area contributed by atoms with Crippen LogP contribution in [0.3, 0.4) is 0 Å². The van der Waals surface area contributed by atoms with Crippen molar-refractivity contribution in [1.82, 2.24) is 29.4 Å². The number of benzene rings is 1. The van der Waals surface area contributed by atoms with Gasteiger partial charge in [-0.05, 0) is 51.2 Å². The average molecular weight is 355 g/mol. The highest BCUT2D eigenvalue weighted by Gasteiger charge is 2.20. The molecule has 0 amide bonds. The van der Waals surface area contributed by atoms with Crippen LogP contribution >= 0.6 is 24.8 Å². The molecule has 0 bridgehead atoms. The molecule has 2 aromatic heterocycles. The largest absolute Gasteiger partial charge is 0.306 e. The Labute approximate surface area is 147 Å². The fourth-order valence-corrected chi connectivity index (χ4v) is 3.05. The molecule has 6 nitrogen and oxygen atoms in total. The Morgan fingerprint density at radius 2 is 1.74 bits per heavy atom. The van der Waals surface area contributed by atoms with Gasteiger partial charge in [0.15, 0.2) is 0 Å². The summed E-state index contributed by atoms with van der Waals surface area (Å²) < 4.78 is 4.11. The van der Waals surface area contributed by atoms with Gasteiger partial charge in [-0.15, -0.1) is 35.0 Å². The number of halogens is 2. The predicted molar refractivity (Wildman–Crippen MR) is 94.9 cm³/mol. The monoisotopic (exact) mass is 354 g/mol. The van der Waals surface area contributed by atoms with Crippen LogP contribution in [0.1, 0.15) is 18.9 Å². The van der Waals surface area contributed by atoms with Crippen LogP contribution in [0.4, 0.5) is 0 Å². The van der Waals surface area contributed by atoms with Gasteiger partial charge in [-0.2, -0.15) is 5.10 Å². The predicted octanol–water partition coefficient (Wildman–Crippen LogP) is 2.73. The highest BCUT2D eigenvalue weighted by Crippen LogP contribution is 2.27. The van der Waals surface area contributed by atoms with Gasteiger partial charge in [0.2, 0.25) is 0 Å². The third kappa shape index (κ3) is 3.34. The molecule has 1 saturated heterocycles. The zero-order chi connectivity index (χ0) is 14.2. The molecule has 0 unspecified atom stereocenters. The molecule has 0 N–H and O–H groups in total. The maximum atomic E-state index is 4.62. The number of nitrogens with zero attached hydrogens (tertiary/aromatic N) is 6. The fraction of sp³-hybridized carbons (Fsp3) is 0.400. The number of rotatable bonds is 2. The Balaban J connectivity index is 0.000000960. The van der Waals surface area contributed by atoms with Gasteiger partial charge in [0.1, 0.15) is 12.7 Å². The first-order chi connectivity index (χ1) is 10.3. The molecule has 1 aliphatic rings. The van der Waals surface area contributed by atoms with Crippen LogP contribution in [0.25, 0.3) is 16.6 Å². The summed E-state index contributed by atoms with van der Waals surface area (Å²) >= 11 is 0. The van der Waals surface area contributed by atoms with Crippen molar-refractivity contribution in [1.29, 1.82) is 0 Å². The molecule has 0 saturated carbocycles. The van der Waals surface area contributed by atoms with Gasteiger partial charge in [0, 0.05) is 5.39 Å². The summed E-state index contributed by atoms with van der Waals surface area (Å²) in [4.78, 5) is 2.38. The quantitative estimate of drug-likeness (QED) is 0.709. The van der Waals surface area contributed by atoms with Gasteiger partial charge in [-0.25, -0.2) is 0 Å². The lowest BCUT2D eigenvalue weighted by Crippen LogP contribution is -2.31. The van der Waals surface area contributed by atoms with E-state index in [4.69, 9.17) is 0 Å². The summed E-state index contributed by atoms with van der Waals surface area (Å²) in [6, 6.07) is 6.86. The maximum Gasteiger partial charge on any atom is 0.123 e. The second kappa shape index (κ2) is 7.29. The van der Waals surface area contributed by atoms with Crippen LogP contribution in [0.5, 0.6) is 0 Å². The Morgan fingerprint density at radius 1 is 1.04 bits per heavy atom. The van der Waals surface area contributed by atoms with Crippen LogP contribution in [-0.2, 0) is 0 Å². The zero-order valence-electron chi connectivity index (χ0n) is 12.9. The summed E-state index contributed by atoms with van der Waals surface area (Å²) in [5.41, 5.74) is 2.26. The van der Waals surface area contributed by atoms with Crippen molar-refractivity contribution < 1.29 is 0 Å². The Kier molecular flexibility index (Phi) is 5.62. The van der Waals surface area contributed by atoms with E-state index in [0.717, 1.165) is 31.6 Å². The minimum atomic E-state index is 0. The van der Waals surface area contributed by atoms with Crippen molar-refractivity contribution in [3.8, 4) is 5.69 Å². The fourth-order valence-electron chi connectivity index (χ4n) is 3.05. The van der Waals surface area contributed by atoms with Crippen LogP contribution in [0, 0.1) is 0 Å². The molecule has 0 spiro atoms. The summed E-state index contributed by atoms with van der Waals surface area (Å²) in [5.74, 6) is 0. The molecule has 0 radical (unpaired) electrons. The van der Waals surface area contributed by atoms with E-state index in [1.807, 2.05) is 10.8 Å². The lowest BCUT2D eigenvalue weighted by Gasteiger charge is -2.29. The van der Waals surface area contributed by atoms with Crippen LogP contribution in [0.2, 0.25) is 0 Å². The van der Waals surface area contributed by atoms with Gasteiger partial charge in [0.05, 0.1) is 23.4 Å². The van der Waals surface area contributed by atoms with Crippen LogP contribution < -0.4 is 0 Å². The van der Waals surface area contributed by atoms with E-state index in [1.54, 1.807) is 12.7 Å². The number of likely N-dealkylation sites (tertiary alicyclic amines) is 1. The molecule has 1 aromatic carbocycles. The number of hydrogen-bond donors (Lipinski definition) is 0. The third-order valence-corrected chi connectivity index (χ3v) is 4.33. The number of aromatic nitrogens is 5. The van der Waals surface area contributed by atoms with E-state index in [0.29, 0.717) is 6.04 Å². The van der Waals surface area contributed by atoms with E-state index in [1.165, 1.54) is 10.9 Å². The molecular weight excluding hydrogens is 335 g/mol. The first-order valence-electron chi connectivity index (χ1n) is 7.32. The van der Waals surface area contributed by atoms with Crippen LogP contribution in [-0.4, -0.2) is 49.6 Å². The van der Waals surface area contributed by atoms with Crippen molar-refractivity contribution in [2.45, 2.75) is 18.9 Å². The third-order valence-electron chi connectivity index (χ3n) is 4.33. The van der Waals surface area contributed by atoms with E-state index < -0.39 is 0 Å². The van der Waals surface area contributed by atoms with Gasteiger partial charge < -0.3 is 4.90 Å². The molecule has 4 rings (SSSR count). The molecule has 23 heavy (non-hydrogen) atoms. The second-order valence-corrected chi connectivity index (χ2v) is 5.74. The van der Waals surface area contributed by atoms with Crippen LogP contribution in [0.15, 0.2) is 37.1 Å². The number of piperidine rings is 1. The minimum Gasteiger partial charge on any atom is -0.306 e. The van der Waals surface area contributed by atoms with Crippen molar-refractivity contribution in [2.75, 3.05) is 20.1 Å². The van der Waals surface area contributed by atoms with Crippen molar-refractivity contribution in [3.05, 3.63) is 37.1 Å². The molecule has 3 heterocycles. The molecule has 3 aromatic rings. The normalized spacial score (nSPS) is 16.0. The molecule has 1 aliphatic heterocycles. The standard InChI is InChI=1S/C15H18N6.2ClH/c1-19-6-4-13(5-7-19)21-15-8-14(20-10-16-17-11-20)3-2-12(15)9-18-21;;/h2-3,8-11,13H,4-7H2,1H3;2*1H. The summed E-state index contributed by atoms with van der Waals surface area (Å²) in [7, 11) is 2.18. The molecule has 1 fully saturated rings. The van der Waals surface area contributed by atoms with E-state index >= 15 is 0 Å². The number of fused-ring (bicyclic) bond motifs is 1. The van der Waals surface area contributed by atoms with Gasteiger partial charge in [0.25, 0.3) is 0 Å². The van der Waals surface area contributed by atoms with Crippen molar-refractivity contribution >= 4 is 35.7 Å².